The van der Waals surface area contributed by atoms with Gasteiger partial charge >= 0.3 is 0 Å². The normalized spacial score (nSPS) is 12.0. The Morgan fingerprint density at radius 2 is 2.14 bits per heavy atom. The molecule has 0 saturated heterocycles. The van der Waals surface area contributed by atoms with E-state index in [1.165, 1.54) is 17.4 Å². The third-order valence-corrected chi connectivity index (χ3v) is 3.66. The Morgan fingerprint density at radius 3 is 2.81 bits per heavy atom. The Morgan fingerprint density at radius 1 is 1.38 bits per heavy atom. The van der Waals surface area contributed by atoms with Crippen molar-refractivity contribution in [3.63, 3.8) is 0 Å². The SMILES string of the molecule is CC[C@@H](C)NC(=O)c1csc(Nc2ccc(F)c(F)c2)n1. The number of amides is 1. The fraction of sp³-hybridized carbons (Fsp3) is 0.286. The molecule has 2 rings (SSSR count). The first-order chi connectivity index (χ1) is 9.99. The van der Waals surface area contributed by atoms with E-state index in [0.717, 1.165) is 18.6 Å². The van der Waals surface area contributed by atoms with Crippen molar-refractivity contribution in [1.29, 1.82) is 0 Å². The lowest BCUT2D eigenvalue weighted by Gasteiger charge is -2.09. The van der Waals surface area contributed by atoms with Crippen LogP contribution in [0.2, 0.25) is 0 Å². The number of thiazole rings is 1. The van der Waals surface area contributed by atoms with Crippen molar-refractivity contribution in [1.82, 2.24) is 10.3 Å². The molecule has 0 bridgehead atoms. The second-order valence-corrected chi connectivity index (χ2v) is 5.43. The topological polar surface area (TPSA) is 54.0 Å². The molecule has 2 aromatic rings. The van der Waals surface area contributed by atoms with Gasteiger partial charge in [0.1, 0.15) is 5.69 Å². The van der Waals surface area contributed by atoms with Gasteiger partial charge in [-0.25, -0.2) is 13.8 Å². The smallest absolute Gasteiger partial charge is 0.271 e. The summed E-state index contributed by atoms with van der Waals surface area (Å²) >= 11 is 1.22. The highest BCUT2D eigenvalue weighted by atomic mass is 32.1. The highest BCUT2D eigenvalue weighted by molar-refractivity contribution is 7.14. The number of nitrogens with one attached hydrogen (secondary N) is 2. The maximum Gasteiger partial charge on any atom is 0.271 e. The van der Waals surface area contributed by atoms with Crippen LogP contribution in [0, 0.1) is 11.6 Å². The maximum absolute atomic E-state index is 13.1. The Kier molecular flexibility index (Phi) is 4.85. The maximum atomic E-state index is 13.1. The van der Waals surface area contributed by atoms with Crippen LogP contribution in [0.25, 0.3) is 0 Å². The van der Waals surface area contributed by atoms with Crippen LogP contribution in [-0.4, -0.2) is 16.9 Å². The summed E-state index contributed by atoms with van der Waals surface area (Å²) in [7, 11) is 0. The number of rotatable bonds is 5. The van der Waals surface area contributed by atoms with E-state index in [-0.39, 0.29) is 11.9 Å². The van der Waals surface area contributed by atoms with Gasteiger partial charge in [-0.1, -0.05) is 6.92 Å². The van der Waals surface area contributed by atoms with Crippen LogP contribution in [0.4, 0.5) is 19.6 Å². The molecule has 0 aliphatic carbocycles. The minimum absolute atomic E-state index is 0.0711. The summed E-state index contributed by atoms with van der Waals surface area (Å²) < 4.78 is 25.9. The fourth-order valence-electron chi connectivity index (χ4n) is 1.53. The first-order valence-electron chi connectivity index (χ1n) is 6.48. The van der Waals surface area contributed by atoms with Crippen molar-refractivity contribution in [3.8, 4) is 0 Å². The van der Waals surface area contributed by atoms with E-state index in [1.807, 2.05) is 13.8 Å². The van der Waals surface area contributed by atoms with Crippen molar-refractivity contribution in [2.24, 2.45) is 0 Å². The van der Waals surface area contributed by atoms with Crippen molar-refractivity contribution < 1.29 is 13.6 Å². The summed E-state index contributed by atoms with van der Waals surface area (Å²) in [4.78, 5) is 16.0. The molecule has 1 atom stereocenters. The molecule has 0 spiro atoms. The summed E-state index contributed by atoms with van der Waals surface area (Å²) in [6.07, 6.45) is 0.829. The van der Waals surface area contributed by atoms with Gasteiger partial charge in [0.05, 0.1) is 0 Å². The van der Waals surface area contributed by atoms with Gasteiger partial charge in [-0.2, -0.15) is 0 Å². The number of halogens is 2. The van der Waals surface area contributed by atoms with E-state index in [2.05, 4.69) is 15.6 Å². The van der Waals surface area contributed by atoms with Gasteiger partial charge in [-0.05, 0) is 25.5 Å². The van der Waals surface area contributed by atoms with E-state index in [1.54, 1.807) is 5.38 Å². The lowest BCUT2D eigenvalue weighted by atomic mass is 10.2. The second-order valence-electron chi connectivity index (χ2n) is 4.57. The van der Waals surface area contributed by atoms with Gasteiger partial charge in [0.25, 0.3) is 5.91 Å². The van der Waals surface area contributed by atoms with Crippen molar-refractivity contribution in [2.45, 2.75) is 26.3 Å². The minimum atomic E-state index is -0.939. The number of nitrogens with zero attached hydrogens (tertiary/aromatic N) is 1. The number of benzene rings is 1. The average Bonchev–Trinajstić information content (AvgIpc) is 2.91. The van der Waals surface area contributed by atoms with Gasteiger partial charge in [0.2, 0.25) is 0 Å². The highest BCUT2D eigenvalue weighted by Gasteiger charge is 2.13. The van der Waals surface area contributed by atoms with Crippen LogP contribution in [-0.2, 0) is 0 Å². The Balaban J connectivity index is 2.06. The molecule has 112 valence electrons. The number of aromatic nitrogens is 1. The summed E-state index contributed by atoms with van der Waals surface area (Å²) in [5, 5.41) is 7.69. The number of anilines is 2. The van der Waals surface area contributed by atoms with Gasteiger partial charge < -0.3 is 10.6 Å². The lowest BCUT2D eigenvalue weighted by Crippen LogP contribution is -2.32. The first-order valence-corrected chi connectivity index (χ1v) is 7.36. The van der Waals surface area contributed by atoms with Crippen molar-refractivity contribution in [2.75, 3.05) is 5.32 Å². The van der Waals surface area contributed by atoms with Gasteiger partial charge in [-0.3, -0.25) is 4.79 Å². The van der Waals surface area contributed by atoms with Crippen LogP contribution >= 0.6 is 11.3 Å². The summed E-state index contributed by atoms with van der Waals surface area (Å²) in [5.74, 6) is -2.10. The third kappa shape index (κ3) is 3.98. The van der Waals surface area contributed by atoms with Crippen molar-refractivity contribution >= 4 is 28.1 Å². The zero-order valence-electron chi connectivity index (χ0n) is 11.6. The Labute approximate surface area is 125 Å². The zero-order valence-corrected chi connectivity index (χ0v) is 12.4. The standard InChI is InChI=1S/C14H15F2N3OS/c1-3-8(2)17-13(20)12-7-21-14(19-12)18-9-4-5-10(15)11(16)6-9/h4-8H,3H2,1-2H3,(H,17,20)(H,18,19)/t8-/m1/s1. The molecule has 21 heavy (non-hydrogen) atoms. The zero-order chi connectivity index (χ0) is 15.4. The molecule has 0 saturated carbocycles. The molecule has 1 aromatic carbocycles. The summed E-state index contributed by atoms with van der Waals surface area (Å²) in [6.45, 7) is 3.88. The monoisotopic (exact) mass is 311 g/mol. The van der Waals surface area contributed by atoms with E-state index < -0.39 is 11.6 Å². The average molecular weight is 311 g/mol. The molecule has 1 heterocycles. The number of hydrogen-bond donors (Lipinski definition) is 2. The molecule has 1 amide bonds. The van der Waals surface area contributed by atoms with Crippen LogP contribution < -0.4 is 10.6 Å². The molecule has 2 N–H and O–H groups in total. The quantitative estimate of drug-likeness (QED) is 0.885. The van der Waals surface area contributed by atoms with Crippen LogP contribution in [0.3, 0.4) is 0 Å². The number of carbonyl (C=O) groups is 1. The molecular formula is C14H15F2N3OS. The number of hydrogen-bond acceptors (Lipinski definition) is 4. The molecule has 0 radical (unpaired) electrons. The largest absolute Gasteiger partial charge is 0.348 e. The molecule has 4 nitrogen and oxygen atoms in total. The minimum Gasteiger partial charge on any atom is -0.348 e. The van der Waals surface area contributed by atoms with Gasteiger partial charge in [0.15, 0.2) is 16.8 Å². The Hall–Kier alpha value is -2.02. The fourth-order valence-corrected chi connectivity index (χ4v) is 2.24. The van der Waals surface area contributed by atoms with E-state index in [9.17, 15) is 13.6 Å². The predicted molar refractivity (Wildman–Crippen MR) is 79.0 cm³/mol. The van der Waals surface area contributed by atoms with E-state index in [0.29, 0.717) is 16.5 Å². The lowest BCUT2D eigenvalue weighted by molar-refractivity contribution is 0.0935. The summed E-state index contributed by atoms with van der Waals surface area (Å²) in [6, 6.07) is 3.54. The number of carbonyl (C=O) groups excluding carboxylic acids is 1. The Bertz CT molecular complexity index is 645. The van der Waals surface area contributed by atoms with Crippen LogP contribution in [0.15, 0.2) is 23.6 Å². The summed E-state index contributed by atoms with van der Waals surface area (Å²) in [5.41, 5.74) is 0.669. The van der Waals surface area contributed by atoms with Crippen LogP contribution in [0.5, 0.6) is 0 Å². The molecule has 0 aliphatic heterocycles. The molecular weight excluding hydrogens is 296 g/mol. The molecule has 0 aliphatic rings. The van der Waals surface area contributed by atoms with Crippen LogP contribution in [0.1, 0.15) is 30.8 Å². The van der Waals surface area contributed by atoms with Crippen molar-refractivity contribution in [3.05, 3.63) is 40.9 Å². The third-order valence-electron chi connectivity index (χ3n) is 2.90. The van der Waals surface area contributed by atoms with E-state index >= 15 is 0 Å². The first kappa shape index (κ1) is 15.4. The highest BCUT2D eigenvalue weighted by Crippen LogP contribution is 2.22. The van der Waals surface area contributed by atoms with Gasteiger partial charge in [-0.15, -0.1) is 11.3 Å². The second kappa shape index (κ2) is 6.62. The molecule has 7 heteroatoms. The molecule has 0 unspecified atom stereocenters. The predicted octanol–water partition coefficient (Wildman–Crippen LogP) is 3.69. The van der Waals surface area contributed by atoms with Gasteiger partial charge in [0, 0.05) is 23.2 Å². The molecule has 0 fully saturated rings. The molecule has 1 aromatic heterocycles. The van der Waals surface area contributed by atoms with E-state index in [4.69, 9.17) is 0 Å².